The van der Waals surface area contributed by atoms with Crippen LogP contribution >= 0.6 is 15.6 Å². The zero-order valence-electron chi connectivity index (χ0n) is 58.1. The van der Waals surface area contributed by atoms with Crippen molar-refractivity contribution in [3.8, 4) is 0 Å². The monoisotopic (exact) mass is 1360 g/mol. The molecule has 0 aliphatic rings. The van der Waals surface area contributed by atoms with Gasteiger partial charge in [-0.15, -0.1) is 0 Å². The lowest BCUT2D eigenvalue weighted by Crippen LogP contribution is -2.30. The molecule has 0 fully saturated rings. The average molecular weight is 1360 g/mol. The molecule has 3 N–H and O–H groups in total. The summed E-state index contributed by atoms with van der Waals surface area (Å²) >= 11 is 0. The van der Waals surface area contributed by atoms with Crippen molar-refractivity contribution < 1.29 is 80.2 Å². The predicted molar refractivity (Wildman–Crippen MR) is 381 cm³/mol. The molecule has 0 aromatic rings. The number of rotatable bonds is 65. The normalized spacial score (nSPS) is 14.8. The Labute approximate surface area is 567 Å². The number of unbranched alkanes of at least 4 members (excludes halogenated alkanes) is 18. The second-order valence-corrected chi connectivity index (χ2v) is 26.0. The Morgan fingerprint density at radius 1 is 0.319 bits per heavy atom. The van der Waals surface area contributed by atoms with E-state index >= 15 is 0 Å². The quantitative estimate of drug-likeness (QED) is 0.0169. The first-order chi connectivity index (χ1) is 45.7. The highest BCUT2D eigenvalue weighted by Gasteiger charge is 2.30. The summed E-state index contributed by atoms with van der Waals surface area (Å²) in [6, 6.07) is 0. The van der Waals surface area contributed by atoms with Crippen molar-refractivity contribution in [1.29, 1.82) is 0 Å². The Hall–Kier alpha value is -4.80. The van der Waals surface area contributed by atoms with E-state index in [-0.39, 0.29) is 25.7 Å². The molecule has 5 unspecified atom stereocenters. The molecular weight excluding hydrogens is 1230 g/mol. The van der Waals surface area contributed by atoms with Gasteiger partial charge in [-0.25, -0.2) is 9.13 Å². The van der Waals surface area contributed by atoms with Gasteiger partial charge in [0.2, 0.25) is 0 Å². The fraction of sp³-hybridized carbons (Fsp3) is 0.653. The van der Waals surface area contributed by atoms with Gasteiger partial charge in [-0.2, -0.15) is 0 Å². The fourth-order valence-corrected chi connectivity index (χ4v) is 10.3. The SMILES string of the molecule is CC/C=C\C/C=C\C/C=C\C/C=C\C/C=C\CC(=O)OCC(COP(=O)(O)OCC(O)COP(=O)(O)OCC(COC(=O)CCCC/C=C\C/C=C\C/C=C\C/C=C\CC)OC(=O)CCCCCCC/C=C\CCCCCC)OC(=O)CCCCCCC/C=C\CCCC. The lowest BCUT2D eigenvalue weighted by atomic mass is 10.1. The molecule has 0 bridgehead atoms. The highest BCUT2D eigenvalue weighted by atomic mass is 31.2. The highest BCUT2D eigenvalue weighted by Crippen LogP contribution is 2.45. The summed E-state index contributed by atoms with van der Waals surface area (Å²) in [5.41, 5.74) is 0. The molecule has 0 saturated carbocycles. The van der Waals surface area contributed by atoms with Gasteiger partial charge in [-0.3, -0.25) is 37.3 Å². The lowest BCUT2D eigenvalue weighted by Gasteiger charge is -2.21. The number of aliphatic hydroxyl groups excluding tert-OH is 1. The second-order valence-electron chi connectivity index (χ2n) is 23.1. The standard InChI is InChI=1S/C75H124O17P2/c1-5-9-13-17-21-25-29-32-34-37-40-43-47-51-55-59-72(77)85-65-70(91-74(79)61-57-53-49-45-39-28-24-20-16-12-8-4)67-89-93(81,82)87-63-69(76)64-88-94(83,84)90-68-71(92-75(80)62-58-54-50-46-42-36-31-27-23-19-15-11-7-3)66-86-73(78)60-56-52-48-44-41-38-35-33-30-26-22-18-14-10-6-2/h9-10,13-14,20-22,24-27,31-35,40-41,43-44,51,55,69-71,76H,5-8,11-12,15-19,23,28-30,36-39,42,45-50,52-54,56-68H2,1-4H3,(H,81,82)(H,83,84)/b13-9-,14-10-,24-20-,25-21-,26-22-,31-27-,34-32-,35-33-,43-40-,44-41-,55-51-. The number of hydrogen-bond donors (Lipinski definition) is 3. The van der Waals surface area contributed by atoms with E-state index in [0.717, 1.165) is 141 Å². The molecule has 0 aromatic heterocycles. The van der Waals surface area contributed by atoms with Crippen LogP contribution in [0.25, 0.3) is 0 Å². The topological polar surface area (TPSA) is 237 Å². The van der Waals surface area contributed by atoms with E-state index in [9.17, 15) is 43.2 Å². The third-order valence-corrected chi connectivity index (χ3v) is 16.0. The molecule has 94 heavy (non-hydrogen) atoms. The van der Waals surface area contributed by atoms with Crippen LogP contribution in [0, 0.1) is 0 Å². The van der Waals surface area contributed by atoms with Crippen molar-refractivity contribution in [3.05, 3.63) is 134 Å². The fourth-order valence-electron chi connectivity index (χ4n) is 8.73. The molecule has 17 nitrogen and oxygen atoms in total. The summed E-state index contributed by atoms with van der Waals surface area (Å²) in [6.45, 7) is 4.37. The molecule has 0 aromatic carbocycles. The van der Waals surface area contributed by atoms with Gasteiger partial charge >= 0.3 is 39.5 Å². The van der Waals surface area contributed by atoms with Crippen molar-refractivity contribution in [2.45, 2.75) is 277 Å². The van der Waals surface area contributed by atoms with Gasteiger partial charge in [0.05, 0.1) is 32.8 Å². The molecule has 0 saturated heterocycles. The average Bonchev–Trinajstić information content (AvgIpc) is 1.35. The number of carbonyl (C=O) groups excluding carboxylic acids is 4. The minimum absolute atomic E-state index is 0.0608. The molecule has 0 spiro atoms. The van der Waals surface area contributed by atoms with Gasteiger partial charge in [0.25, 0.3) is 0 Å². The van der Waals surface area contributed by atoms with E-state index in [1.165, 1.54) is 38.5 Å². The van der Waals surface area contributed by atoms with Crippen LogP contribution in [0.3, 0.4) is 0 Å². The number of phosphoric ester groups is 2. The van der Waals surface area contributed by atoms with Crippen molar-refractivity contribution >= 4 is 39.5 Å². The van der Waals surface area contributed by atoms with Gasteiger partial charge < -0.3 is 33.8 Å². The minimum Gasteiger partial charge on any atom is -0.462 e. The summed E-state index contributed by atoms with van der Waals surface area (Å²) in [5.74, 6) is -2.40. The highest BCUT2D eigenvalue weighted by molar-refractivity contribution is 7.47. The van der Waals surface area contributed by atoms with Crippen molar-refractivity contribution in [3.63, 3.8) is 0 Å². The molecule has 536 valence electrons. The number of phosphoric acid groups is 2. The maximum absolute atomic E-state index is 13.0. The van der Waals surface area contributed by atoms with Gasteiger partial charge in [0.1, 0.15) is 19.3 Å². The predicted octanol–water partition coefficient (Wildman–Crippen LogP) is 19.8. The Balaban J connectivity index is 5.44. The zero-order valence-corrected chi connectivity index (χ0v) is 59.9. The molecule has 0 rings (SSSR count). The Bertz CT molecular complexity index is 2310. The van der Waals surface area contributed by atoms with E-state index in [4.69, 9.17) is 37.0 Å². The van der Waals surface area contributed by atoms with E-state index in [1.54, 1.807) is 6.08 Å². The van der Waals surface area contributed by atoms with Gasteiger partial charge in [0, 0.05) is 19.3 Å². The summed E-state index contributed by atoms with van der Waals surface area (Å²) < 4.78 is 68.0. The first-order valence-electron chi connectivity index (χ1n) is 35.4. The van der Waals surface area contributed by atoms with E-state index in [2.05, 4.69) is 137 Å². The maximum atomic E-state index is 13.0. The number of carbonyl (C=O) groups is 4. The van der Waals surface area contributed by atoms with Crippen LogP contribution in [0.1, 0.15) is 259 Å². The van der Waals surface area contributed by atoms with Gasteiger partial charge in [-0.1, -0.05) is 232 Å². The number of aliphatic hydroxyl groups is 1. The van der Waals surface area contributed by atoms with Crippen LogP contribution in [0.5, 0.6) is 0 Å². The molecule has 5 atom stereocenters. The van der Waals surface area contributed by atoms with E-state index < -0.39 is 97.5 Å². The Morgan fingerprint density at radius 3 is 1.01 bits per heavy atom. The largest absolute Gasteiger partial charge is 0.472 e. The van der Waals surface area contributed by atoms with Gasteiger partial charge in [-0.05, 0) is 135 Å². The molecule has 0 amide bonds. The molecule has 0 radical (unpaired) electrons. The minimum atomic E-state index is -4.99. The maximum Gasteiger partial charge on any atom is 0.472 e. The number of esters is 4. The summed E-state index contributed by atoms with van der Waals surface area (Å²) in [5, 5.41) is 10.6. The van der Waals surface area contributed by atoms with Crippen LogP contribution in [-0.4, -0.2) is 96.7 Å². The first-order valence-corrected chi connectivity index (χ1v) is 38.4. The van der Waals surface area contributed by atoms with Crippen molar-refractivity contribution in [1.82, 2.24) is 0 Å². The number of ether oxygens (including phenoxy) is 4. The summed E-state index contributed by atoms with van der Waals surface area (Å²) in [4.78, 5) is 72.5. The molecule has 0 aliphatic heterocycles. The zero-order chi connectivity index (χ0) is 69.0. The smallest absolute Gasteiger partial charge is 0.462 e. The van der Waals surface area contributed by atoms with Crippen LogP contribution < -0.4 is 0 Å². The third kappa shape index (κ3) is 65.8. The summed E-state index contributed by atoms with van der Waals surface area (Å²) in [6.07, 6.45) is 72.2. The Kier molecular flexibility index (Phi) is 63.4. The third-order valence-electron chi connectivity index (χ3n) is 14.1. The van der Waals surface area contributed by atoms with E-state index in [0.29, 0.717) is 25.7 Å². The lowest BCUT2D eigenvalue weighted by molar-refractivity contribution is -0.161. The van der Waals surface area contributed by atoms with Crippen molar-refractivity contribution in [2.24, 2.45) is 0 Å². The van der Waals surface area contributed by atoms with Gasteiger partial charge in [0.15, 0.2) is 12.2 Å². The molecule has 0 aliphatic carbocycles. The van der Waals surface area contributed by atoms with Crippen LogP contribution in [0.2, 0.25) is 0 Å². The number of hydrogen-bond acceptors (Lipinski definition) is 15. The molecular formula is C75H124O17P2. The van der Waals surface area contributed by atoms with E-state index in [1.807, 2.05) is 18.2 Å². The number of allylic oxidation sites excluding steroid dienone is 21. The van der Waals surface area contributed by atoms with Crippen molar-refractivity contribution in [2.75, 3.05) is 39.6 Å². The second kappa shape index (κ2) is 66.8. The van der Waals surface area contributed by atoms with Crippen LogP contribution in [0.15, 0.2) is 134 Å². The molecule has 0 heterocycles. The van der Waals surface area contributed by atoms with Crippen LogP contribution in [-0.2, 0) is 65.4 Å². The first kappa shape index (κ1) is 89.2. The summed E-state index contributed by atoms with van der Waals surface area (Å²) in [7, 11) is -9.98. The Morgan fingerprint density at radius 2 is 0.606 bits per heavy atom. The van der Waals surface area contributed by atoms with Crippen LogP contribution in [0.4, 0.5) is 0 Å². The molecule has 19 heteroatoms.